The van der Waals surface area contributed by atoms with Crippen LogP contribution in [0.2, 0.25) is 0 Å². The van der Waals surface area contributed by atoms with E-state index in [2.05, 4.69) is 26.7 Å². The van der Waals surface area contributed by atoms with Gasteiger partial charge in [0.2, 0.25) is 5.95 Å². The second-order valence-corrected chi connectivity index (χ2v) is 6.25. The van der Waals surface area contributed by atoms with Crippen LogP contribution in [0.3, 0.4) is 0 Å². The third-order valence-electron chi connectivity index (χ3n) is 3.61. The molecule has 1 heterocycles. The Morgan fingerprint density at radius 2 is 1.93 bits per heavy atom. The van der Waals surface area contributed by atoms with Gasteiger partial charge < -0.3 is 15.8 Å². The van der Waals surface area contributed by atoms with Crippen LogP contribution < -0.4 is 15.8 Å². The fraction of sp³-hybridized carbons (Fsp3) is 0.294. The van der Waals surface area contributed by atoms with Gasteiger partial charge in [0.05, 0.1) is 5.03 Å². The van der Waals surface area contributed by atoms with Gasteiger partial charge in [-0.05, 0) is 37.1 Å². The average molecular weight is 420 g/mol. The lowest BCUT2D eigenvalue weighted by Crippen LogP contribution is -2.33. The van der Waals surface area contributed by atoms with Crippen LogP contribution in [0.4, 0.5) is 23.5 Å². The third-order valence-corrected chi connectivity index (χ3v) is 4.11. The Morgan fingerprint density at radius 3 is 2.39 bits per heavy atom. The first-order valence-electron chi connectivity index (χ1n) is 7.96. The molecular weight excluding hydrogens is 402 g/mol. The van der Waals surface area contributed by atoms with Gasteiger partial charge in [-0.3, -0.25) is 0 Å². The topological polar surface area (TPSA) is 78.0 Å². The van der Waals surface area contributed by atoms with E-state index >= 15 is 0 Å². The molecule has 0 aliphatic carbocycles. The van der Waals surface area contributed by atoms with E-state index in [9.17, 15) is 17.6 Å². The molecule has 2 aromatic rings. The predicted octanol–water partition coefficient (Wildman–Crippen LogP) is 4.39. The maximum Gasteiger partial charge on any atom is 0.461 e. The van der Waals surface area contributed by atoms with Crippen molar-refractivity contribution in [3.63, 3.8) is 0 Å². The van der Waals surface area contributed by atoms with Gasteiger partial charge in [0.25, 0.3) is 0 Å². The largest absolute Gasteiger partial charge is 0.461 e. The Labute approximate surface area is 163 Å². The van der Waals surface area contributed by atoms with Crippen LogP contribution in [-0.2, 0) is 0 Å². The second kappa shape index (κ2) is 8.51. The number of nitrogens with zero attached hydrogens (tertiary/aromatic N) is 3. The maximum atomic E-state index is 13.0. The number of nitrogens with two attached hydrogens (primary N) is 1. The van der Waals surface area contributed by atoms with Gasteiger partial charge in [0.15, 0.2) is 5.82 Å². The van der Waals surface area contributed by atoms with E-state index in [0.29, 0.717) is 17.0 Å². The lowest BCUT2D eigenvalue weighted by atomic mass is 10.1. The molecule has 0 saturated heterocycles. The van der Waals surface area contributed by atoms with Crippen molar-refractivity contribution in [2.75, 3.05) is 5.73 Å². The molecule has 152 valence electrons. The molecular formula is C17H18ClF4N5O. The van der Waals surface area contributed by atoms with E-state index in [4.69, 9.17) is 17.3 Å². The molecule has 1 aromatic heterocycles. The monoisotopic (exact) mass is 419 g/mol. The summed E-state index contributed by atoms with van der Waals surface area (Å²) in [6, 6.07) is 4.84. The second-order valence-electron chi connectivity index (χ2n) is 5.87. The van der Waals surface area contributed by atoms with Gasteiger partial charge in [-0.2, -0.15) is 32.3 Å². The van der Waals surface area contributed by atoms with Gasteiger partial charge >= 0.3 is 12.5 Å². The van der Waals surface area contributed by atoms with Crippen molar-refractivity contribution in [3.8, 4) is 5.75 Å². The van der Waals surface area contributed by atoms with Crippen molar-refractivity contribution in [3.05, 3.63) is 53.3 Å². The van der Waals surface area contributed by atoms with Crippen LogP contribution in [0, 0.1) is 0 Å². The minimum Gasteiger partial charge on any atom is -0.428 e. The third kappa shape index (κ3) is 4.94. The zero-order chi connectivity index (χ0) is 21.1. The van der Waals surface area contributed by atoms with Crippen molar-refractivity contribution in [1.29, 1.82) is 0 Å². The van der Waals surface area contributed by atoms with Gasteiger partial charge in [0, 0.05) is 6.04 Å². The lowest BCUT2D eigenvalue weighted by Gasteiger charge is -2.21. The van der Waals surface area contributed by atoms with Crippen molar-refractivity contribution >= 4 is 23.4 Å². The zero-order valence-electron chi connectivity index (χ0n) is 15.0. The predicted molar refractivity (Wildman–Crippen MR) is 97.9 cm³/mol. The van der Waals surface area contributed by atoms with E-state index in [1.54, 1.807) is 13.8 Å². The number of alkyl halides is 4. The van der Waals surface area contributed by atoms with Crippen molar-refractivity contribution in [2.24, 2.45) is 0 Å². The number of nitrogen functional groups attached to an aromatic ring is 1. The Hall–Kier alpha value is -2.75. The van der Waals surface area contributed by atoms with Gasteiger partial charge in [0.1, 0.15) is 12.1 Å². The van der Waals surface area contributed by atoms with Gasteiger partial charge in [-0.25, -0.2) is 0 Å². The standard InChI is InChI=1S/C17H18ClF4N5O/c1-9(2)13(18)14(27-16(23)24-8-25-27)26-10(3)11-4-6-12(7-5-11)28-17(21,22)15(19)20/h4-8,10,15,26H,1H2,2-3H3,(H2,23,24,25)/b14-13+/t10-/m0/s1. The van der Waals surface area contributed by atoms with Crippen molar-refractivity contribution < 1.29 is 22.3 Å². The number of benzene rings is 1. The number of hydrogen-bond donors (Lipinski definition) is 2. The molecule has 0 bridgehead atoms. The number of halogens is 5. The summed E-state index contributed by atoms with van der Waals surface area (Å²) in [7, 11) is 0. The van der Waals surface area contributed by atoms with Crippen LogP contribution in [0.25, 0.3) is 5.82 Å². The summed E-state index contributed by atoms with van der Waals surface area (Å²) < 4.78 is 55.7. The van der Waals surface area contributed by atoms with Crippen LogP contribution >= 0.6 is 11.6 Å². The van der Waals surface area contributed by atoms with E-state index < -0.39 is 24.3 Å². The molecule has 0 unspecified atom stereocenters. The van der Waals surface area contributed by atoms with Crippen molar-refractivity contribution in [2.45, 2.75) is 32.4 Å². The molecule has 6 nitrogen and oxygen atoms in total. The van der Waals surface area contributed by atoms with E-state index in [0.717, 1.165) is 12.1 Å². The fourth-order valence-corrected chi connectivity index (χ4v) is 2.29. The normalized spacial score (nSPS) is 13.9. The molecule has 11 heteroatoms. The zero-order valence-corrected chi connectivity index (χ0v) is 15.7. The smallest absolute Gasteiger partial charge is 0.428 e. The lowest BCUT2D eigenvalue weighted by molar-refractivity contribution is -0.253. The Kier molecular flexibility index (Phi) is 6.55. The SMILES string of the molecule is C=C(C)/C(Cl)=C(/N[C@@H](C)c1ccc(OC(F)(F)C(F)F)cc1)n1ncnc1N. The molecule has 0 amide bonds. The molecule has 28 heavy (non-hydrogen) atoms. The fourth-order valence-electron chi connectivity index (χ4n) is 2.16. The van der Waals surface area contributed by atoms with Crippen molar-refractivity contribution in [1.82, 2.24) is 20.1 Å². The summed E-state index contributed by atoms with van der Waals surface area (Å²) in [5.41, 5.74) is 6.95. The minimum absolute atomic E-state index is 0.0899. The number of anilines is 1. The average Bonchev–Trinajstić information content (AvgIpc) is 3.04. The van der Waals surface area contributed by atoms with Gasteiger partial charge in [-0.15, -0.1) is 0 Å². The number of rotatable bonds is 8. The van der Waals surface area contributed by atoms with Crippen LogP contribution in [0.5, 0.6) is 5.75 Å². The van der Waals surface area contributed by atoms with E-state index in [1.165, 1.54) is 23.1 Å². The van der Waals surface area contributed by atoms with Gasteiger partial charge in [-0.1, -0.05) is 30.3 Å². The highest BCUT2D eigenvalue weighted by atomic mass is 35.5. The van der Waals surface area contributed by atoms with Crippen LogP contribution in [0.1, 0.15) is 25.5 Å². The molecule has 0 fully saturated rings. The molecule has 0 aliphatic rings. The first kappa shape index (κ1) is 21.5. The number of aromatic nitrogens is 3. The quantitative estimate of drug-likeness (QED) is 0.490. The summed E-state index contributed by atoms with van der Waals surface area (Å²) in [6.45, 7) is 7.23. The summed E-state index contributed by atoms with van der Waals surface area (Å²) in [5, 5.41) is 7.36. The molecule has 1 atom stereocenters. The minimum atomic E-state index is -4.57. The first-order valence-corrected chi connectivity index (χ1v) is 8.33. The van der Waals surface area contributed by atoms with Crippen LogP contribution in [-0.4, -0.2) is 27.3 Å². The number of allylic oxidation sites excluding steroid dienone is 2. The first-order chi connectivity index (χ1) is 13.0. The molecule has 0 radical (unpaired) electrons. The highest BCUT2D eigenvalue weighted by Crippen LogP contribution is 2.29. The summed E-state index contributed by atoms with van der Waals surface area (Å²) >= 11 is 6.30. The highest BCUT2D eigenvalue weighted by molar-refractivity contribution is 6.34. The maximum absolute atomic E-state index is 13.0. The van der Waals surface area contributed by atoms with E-state index in [-0.39, 0.29) is 11.0 Å². The molecule has 3 N–H and O–H groups in total. The Bertz CT molecular complexity index is 867. The molecule has 0 saturated carbocycles. The van der Waals surface area contributed by atoms with E-state index in [1.807, 2.05) is 0 Å². The number of ether oxygens (including phenoxy) is 1. The Morgan fingerprint density at radius 1 is 1.32 bits per heavy atom. The number of hydrogen-bond acceptors (Lipinski definition) is 5. The molecule has 0 aliphatic heterocycles. The highest BCUT2D eigenvalue weighted by Gasteiger charge is 2.43. The molecule has 1 aromatic carbocycles. The molecule has 2 rings (SSSR count). The Balaban J connectivity index is 2.23. The number of nitrogens with one attached hydrogen (secondary N) is 1. The summed E-state index contributed by atoms with van der Waals surface area (Å²) in [6.07, 6.45) is -7.25. The summed E-state index contributed by atoms with van der Waals surface area (Å²) in [5.74, 6) is 0.0193. The summed E-state index contributed by atoms with van der Waals surface area (Å²) in [4.78, 5) is 3.84. The van der Waals surface area contributed by atoms with Crippen LogP contribution in [0.15, 0.2) is 47.8 Å². The molecule has 0 spiro atoms.